The van der Waals surface area contributed by atoms with E-state index >= 15 is 0 Å². The molecule has 0 aliphatic carbocycles. The molecule has 2 heterocycles. The van der Waals surface area contributed by atoms with E-state index in [9.17, 15) is 18.4 Å². The van der Waals surface area contributed by atoms with Gasteiger partial charge in [0.15, 0.2) is 11.6 Å². The highest BCUT2D eigenvalue weighted by Crippen LogP contribution is 2.32. The normalized spacial score (nSPS) is 20.3. The summed E-state index contributed by atoms with van der Waals surface area (Å²) in [7, 11) is 0. The maximum Gasteiger partial charge on any atom is 0.414 e. The molecule has 142 valence electrons. The second-order valence-corrected chi connectivity index (χ2v) is 7.36. The number of cyclic esters (lactones) is 1. The molecular formula is C17H21F2N3O3S. The van der Waals surface area contributed by atoms with Crippen LogP contribution in [0, 0.1) is 11.6 Å². The second kappa shape index (κ2) is 8.11. The first kappa shape index (κ1) is 18.8. The Bertz CT molecular complexity index is 675. The van der Waals surface area contributed by atoms with E-state index < -0.39 is 23.8 Å². The quantitative estimate of drug-likeness (QED) is 0.843. The molecule has 0 saturated carbocycles. The minimum Gasteiger partial charge on any atom is -0.442 e. The number of halogens is 2. The second-order valence-electron chi connectivity index (χ2n) is 6.13. The summed E-state index contributed by atoms with van der Waals surface area (Å²) in [6.07, 6.45) is -0.901. The maximum atomic E-state index is 14.5. The highest BCUT2D eigenvalue weighted by molar-refractivity contribution is 7.99. The van der Waals surface area contributed by atoms with Crippen LogP contribution in [0.3, 0.4) is 0 Å². The van der Waals surface area contributed by atoms with Crippen molar-refractivity contribution in [2.75, 3.05) is 47.5 Å². The third-order valence-electron chi connectivity index (χ3n) is 4.36. The highest BCUT2D eigenvalue weighted by atomic mass is 32.2. The zero-order chi connectivity index (χ0) is 18.7. The fourth-order valence-corrected chi connectivity index (χ4v) is 3.89. The topological polar surface area (TPSA) is 61.9 Å². The summed E-state index contributed by atoms with van der Waals surface area (Å²) in [6, 6.07) is 2.32. The Morgan fingerprint density at radius 2 is 1.96 bits per heavy atom. The summed E-state index contributed by atoms with van der Waals surface area (Å²) < 4.78 is 34.3. The fourth-order valence-electron chi connectivity index (χ4n) is 2.99. The molecule has 2 aliphatic rings. The Morgan fingerprint density at radius 1 is 1.31 bits per heavy atom. The molecule has 1 aromatic rings. The first-order valence-corrected chi connectivity index (χ1v) is 9.71. The number of ether oxygens (including phenoxy) is 1. The number of amides is 2. The number of hydrogen-bond donors (Lipinski definition) is 1. The molecule has 26 heavy (non-hydrogen) atoms. The van der Waals surface area contributed by atoms with Gasteiger partial charge in [-0.25, -0.2) is 13.6 Å². The minimum absolute atomic E-state index is 0.0478. The summed E-state index contributed by atoms with van der Waals surface area (Å²) in [4.78, 5) is 26.2. The average molecular weight is 385 g/mol. The molecule has 0 aromatic heterocycles. The van der Waals surface area contributed by atoms with E-state index in [0.717, 1.165) is 23.6 Å². The van der Waals surface area contributed by atoms with Crippen molar-refractivity contribution in [3.8, 4) is 0 Å². The Kier molecular flexibility index (Phi) is 5.85. The van der Waals surface area contributed by atoms with Crippen molar-refractivity contribution < 1.29 is 23.1 Å². The van der Waals surface area contributed by atoms with Crippen molar-refractivity contribution in [1.29, 1.82) is 0 Å². The first-order valence-electron chi connectivity index (χ1n) is 8.56. The lowest BCUT2D eigenvalue weighted by Gasteiger charge is -2.29. The van der Waals surface area contributed by atoms with Crippen LogP contribution in [-0.2, 0) is 9.53 Å². The number of rotatable bonds is 5. The number of thioether (sulfide) groups is 1. The zero-order valence-electron chi connectivity index (χ0n) is 14.5. The predicted octanol–water partition coefficient (Wildman–Crippen LogP) is 2.37. The van der Waals surface area contributed by atoms with Crippen molar-refractivity contribution >= 4 is 35.1 Å². The number of anilines is 2. The standard InChI is InChI=1S/C17H21F2N3O3S/c1-2-15(23)20-9-12-10-22(17(24)25-12)11-7-13(18)16(14(19)8-11)21-3-5-26-6-4-21/h7-8,12H,2-6,9-10H2,1H3,(H,20,23)/t12-/m0/s1. The van der Waals surface area contributed by atoms with Crippen LogP contribution >= 0.6 is 11.8 Å². The van der Waals surface area contributed by atoms with E-state index in [1.165, 1.54) is 4.90 Å². The molecule has 2 fully saturated rings. The van der Waals surface area contributed by atoms with Gasteiger partial charge in [-0.1, -0.05) is 6.92 Å². The van der Waals surface area contributed by atoms with Gasteiger partial charge in [0, 0.05) is 43.1 Å². The lowest BCUT2D eigenvalue weighted by molar-refractivity contribution is -0.121. The Morgan fingerprint density at radius 3 is 2.58 bits per heavy atom. The van der Waals surface area contributed by atoms with Gasteiger partial charge in [0.1, 0.15) is 11.8 Å². The van der Waals surface area contributed by atoms with Gasteiger partial charge in [-0.3, -0.25) is 9.69 Å². The van der Waals surface area contributed by atoms with Gasteiger partial charge < -0.3 is 15.0 Å². The molecule has 6 nitrogen and oxygen atoms in total. The highest BCUT2D eigenvalue weighted by Gasteiger charge is 2.34. The molecule has 3 rings (SSSR count). The lowest BCUT2D eigenvalue weighted by atomic mass is 10.2. The summed E-state index contributed by atoms with van der Waals surface area (Å²) in [5, 5.41) is 2.64. The first-order chi connectivity index (χ1) is 12.5. The number of hydrogen-bond acceptors (Lipinski definition) is 5. The number of nitrogens with zero attached hydrogens (tertiary/aromatic N) is 2. The maximum absolute atomic E-state index is 14.5. The van der Waals surface area contributed by atoms with Crippen LogP contribution in [-0.4, -0.2) is 55.8 Å². The van der Waals surface area contributed by atoms with Gasteiger partial charge in [-0.05, 0) is 0 Å². The SMILES string of the molecule is CCC(=O)NC[C@H]1CN(c2cc(F)c(N3CCSCC3)c(F)c2)C(=O)O1. The number of carbonyl (C=O) groups excluding carboxylic acids is 2. The van der Waals surface area contributed by atoms with Gasteiger partial charge in [0.2, 0.25) is 5.91 Å². The molecule has 1 aromatic carbocycles. The van der Waals surface area contributed by atoms with Crippen LogP contribution in [0.2, 0.25) is 0 Å². The Labute approximate surface area is 154 Å². The molecular weight excluding hydrogens is 364 g/mol. The Hall–Kier alpha value is -2.03. The molecule has 0 spiro atoms. The molecule has 2 aliphatic heterocycles. The number of nitrogens with one attached hydrogen (secondary N) is 1. The van der Waals surface area contributed by atoms with Crippen LogP contribution < -0.4 is 15.1 Å². The van der Waals surface area contributed by atoms with Gasteiger partial charge in [0.05, 0.1) is 18.8 Å². The number of carbonyl (C=O) groups is 2. The molecule has 0 radical (unpaired) electrons. The van der Waals surface area contributed by atoms with E-state index in [0.29, 0.717) is 19.5 Å². The zero-order valence-corrected chi connectivity index (χ0v) is 15.3. The van der Waals surface area contributed by atoms with Crippen molar-refractivity contribution in [1.82, 2.24) is 5.32 Å². The predicted molar refractivity (Wildman–Crippen MR) is 96.8 cm³/mol. The largest absolute Gasteiger partial charge is 0.442 e. The van der Waals surface area contributed by atoms with Crippen LogP contribution in [0.4, 0.5) is 25.0 Å². The minimum atomic E-state index is -0.692. The van der Waals surface area contributed by atoms with Crippen LogP contribution in [0.15, 0.2) is 12.1 Å². The van der Waals surface area contributed by atoms with E-state index in [2.05, 4.69) is 5.32 Å². The van der Waals surface area contributed by atoms with Crippen molar-refractivity contribution in [2.24, 2.45) is 0 Å². The molecule has 9 heteroatoms. The van der Waals surface area contributed by atoms with Crippen molar-refractivity contribution in [2.45, 2.75) is 19.4 Å². The van der Waals surface area contributed by atoms with E-state index in [-0.39, 0.29) is 30.4 Å². The molecule has 0 bridgehead atoms. The monoisotopic (exact) mass is 385 g/mol. The molecule has 1 atom stereocenters. The van der Waals surface area contributed by atoms with Gasteiger partial charge in [0.25, 0.3) is 0 Å². The van der Waals surface area contributed by atoms with E-state index in [1.54, 1.807) is 23.6 Å². The molecule has 1 N–H and O–H groups in total. The summed E-state index contributed by atoms with van der Waals surface area (Å²) in [6.45, 7) is 3.19. The molecule has 2 amide bonds. The van der Waals surface area contributed by atoms with Crippen LogP contribution in [0.5, 0.6) is 0 Å². The van der Waals surface area contributed by atoms with Gasteiger partial charge in [-0.15, -0.1) is 0 Å². The van der Waals surface area contributed by atoms with Crippen molar-refractivity contribution in [3.05, 3.63) is 23.8 Å². The van der Waals surface area contributed by atoms with Gasteiger partial charge in [-0.2, -0.15) is 11.8 Å². The van der Waals surface area contributed by atoms with Crippen molar-refractivity contribution in [3.63, 3.8) is 0 Å². The van der Waals surface area contributed by atoms with Crippen LogP contribution in [0.1, 0.15) is 13.3 Å². The summed E-state index contributed by atoms with van der Waals surface area (Å²) >= 11 is 1.75. The summed E-state index contributed by atoms with van der Waals surface area (Å²) in [5.41, 5.74) is 0.0674. The molecule has 0 unspecified atom stereocenters. The van der Waals surface area contributed by atoms with E-state index in [4.69, 9.17) is 4.74 Å². The third-order valence-corrected chi connectivity index (χ3v) is 5.31. The third kappa shape index (κ3) is 4.03. The average Bonchev–Trinajstić information content (AvgIpc) is 3.00. The molecule has 2 saturated heterocycles. The smallest absolute Gasteiger partial charge is 0.414 e. The summed E-state index contributed by atoms with van der Waals surface area (Å²) in [5.74, 6) is 0.111. The fraction of sp³-hybridized carbons (Fsp3) is 0.529. The Balaban J connectivity index is 1.73. The lowest BCUT2D eigenvalue weighted by Crippen LogP contribution is -2.35. The van der Waals surface area contributed by atoms with Gasteiger partial charge >= 0.3 is 6.09 Å². The van der Waals surface area contributed by atoms with Crippen LogP contribution in [0.25, 0.3) is 0 Å². The number of benzene rings is 1. The van der Waals surface area contributed by atoms with E-state index in [1.807, 2.05) is 0 Å².